The number of hydrogen-bond acceptors (Lipinski definition) is 2. The number of para-hydroxylation sites is 2. The lowest BCUT2D eigenvalue weighted by molar-refractivity contribution is 0.672. The van der Waals surface area contributed by atoms with Crippen LogP contribution in [0.25, 0.3) is 80.4 Å². The van der Waals surface area contributed by atoms with E-state index in [1.165, 1.54) is 53.1 Å². The van der Waals surface area contributed by atoms with Gasteiger partial charge in [0.05, 0.1) is 21.4 Å². The van der Waals surface area contributed by atoms with Gasteiger partial charge in [0.1, 0.15) is 11.2 Å². The van der Waals surface area contributed by atoms with Crippen molar-refractivity contribution in [2.24, 2.45) is 0 Å². The van der Waals surface area contributed by atoms with E-state index in [0.717, 1.165) is 27.3 Å². The number of nitrogens with zero attached hydrogens (tertiary/aromatic N) is 1. The normalized spacial score (nSPS) is 12.3. The van der Waals surface area contributed by atoms with Gasteiger partial charge >= 0.3 is 0 Å². The van der Waals surface area contributed by atoms with E-state index in [0.29, 0.717) is 0 Å². The monoisotopic (exact) mass is 489 g/mol. The number of rotatable bonds is 1. The summed E-state index contributed by atoms with van der Waals surface area (Å²) in [6.45, 7) is 0. The highest BCUT2D eigenvalue weighted by atomic mass is 32.1. The van der Waals surface area contributed by atoms with Crippen molar-refractivity contribution in [3.63, 3.8) is 0 Å². The van der Waals surface area contributed by atoms with E-state index in [4.69, 9.17) is 4.42 Å². The minimum absolute atomic E-state index is 0.931. The lowest BCUT2D eigenvalue weighted by Gasteiger charge is -2.10. The first-order chi connectivity index (χ1) is 18.3. The first-order valence-corrected chi connectivity index (χ1v) is 13.3. The smallest absolute Gasteiger partial charge is 0.143 e. The molecule has 2 nitrogen and oxygen atoms in total. The van der Waals surface area contributed by atoms with Crippen LogP contribution in [0.2, 0.25) is 0 Å². The van der Waals surface area contributed by atoms with Crippen LogP contribution in [0.3, 0.4) is 0 Å². The second-order valence-corrected chi connectivity index (χ2v) is 10.8. The Bertz CT molecular complexity index is 2370. The first kappa shape index (κ1) is 19.6. The third-order valence-electron chi connectivity index (χ3n) is 7.78. The highest BCUT2D eigenvalue weighted by molar-refractivity contribution is 7.26. The summed E-state index contributed by atoms with van der Waals surface area (Å²) in [6, 6.07) is 41.6. The van der Waals surface area contributed by atoms with Crippen LogP contribution in [0.4, 0.5) is 0 Å². The molecule has 0 saturated heterocycles. The van der Waals surface area contributed by atoms with Crippen LogP contribution < -0.4 is 0 Å². The Hall–Kier alpha value is -4.60. The van der Waals surface area contributed by atoms with Crippen molar-refractivity contribution in [2.45, 2.75) is 0 Å². The number of fused-ring (bicyclic) bond motifs is 11. The summed E-state index contributed by atoms with van der Waals surface area (Å²) >= 11 is 1.87. The maximum Gasteiger partial charge on any atom is 0.143 e. The van der Waals surface area contributed by atoms with Crippen molar-refractivity contribution in [2.75, 3.05) is 0 Å². The van der Waals surface area contributed by atoms with E-state index in [1.807, 2.05) is 17.4 Å². The van der Waals surface area contributed by atoms with Crippen LogP contribution in [0.5, 0.6) is 0 Å². The van der Waals surface area contributed by atoms with Gasteiger partial charge in [-0.3, -0.25) is 0 Å². The van der Waals surface area contributed by atoms with Crippen molar-refractivity contribution in [3.8, 4) is 5.69 Å². The Balaban J connectivity index is 1.48. The van der Waals surface area contributed by atoms with Gasteiger partial charge in [-0.15, -0.1) is 11.3 Å². The molecule has 9 aromatic rings. The molecule has 0 bridgehead atoms. The third-order valence-corrected chi connectivity index (χ3v) is 8.99. The topological polar surface area (TPSA) is 18.1 Å². The molecule has 3 aromatic heterocycles. The molecule has 172 valence electrons. The Morgan fingerprint density at radius 1 is 0.514 bits per heavy atom. The first-order valence-electron chi connectivity index (χ1n) is 12.5. The van der Waals surface area contributed by atoms with Gasteiger partial charge in [0.2, 0.25) is 0 Å². The standard InChI is InChI=1S/C34H19NOS/c1-4-12-28-21(8-1)27-18-20-16-17-24-22-9-2-5-14-31(22)36-33(24)26(20)19-30(27)35(28)29-13-7-11-25-23-10-3-6-15-32(23)37-34(25)29/h1-19H. The zero-order valence-corrected chi connectivity index (χ0v) is 20.5. The van der Waals surface area contributed by atoms with Gasteiger partial charge in [0, 0.05) is 42.4 Å². The molecule has 0 aliphatic carbocycles. The third kappa shape index (κ3) is 2.54. The summed E-state index contributed by atoms with van der Waals surface area (Å²) in [4.78, 5) is 0. The Labute approximate surface area is 215 Å². The van der Waals surface area contributed by atoms with Crippen LogP contribution in [0, 0.1) is 0 Å². The van der Waals surface area contributed by atoms with Crippen LogP contribution in [-0.2, 0) is 0 Å². The van der Waals surface area contributed by atoms with Gasteiger partial charge in [-0.05, 0) is 47.9 Å². The summed E-state index contributed by atoms with van der Waals surface area (Å²) in [6.07, 6.45) is 0. The van der Waals surface area contributed by atoms with Gasteiger partial charge in [-0.25, -0.2) is 0 Å². The molecule has 0 aliphatic heterocycles. The Morgan fingerprint density at radius 2 is 1.30 bits per heavy atom. The molecule has 3 heterocycles. The van der Waals surface area contributed by atoms with Crippen LogP contribution in [-0.4, -0.2) is 4.57 Å². The van der Waals surface area contributed by atoms with Crippen molar-refractivity contribution in [1.29, 1.82) is 0 Å². The molecule has 0 N–H and O–H groups in total. The van der Waals surface area contributed by atoms with Crippen molar-refractivity contribution in [1.82, 2.24) is 4.57 Å². The molecule has 0 amide bonds. The van der Waals surface area contributed by atoms with Crippen molar-refractivity contribution < 1.29 is 4.42 Å². The fraction of sp³-hybridized carbons (Fsp3) is 0. The largest absolute Gasteiger partial charge is 0.455 e. The quantitative estimate of drug-likeness (QED) is 0.224. The second kappa shape index (κ2) is 7.00. The molecule has 9 rings (SSSR count). The summed E-state index contributed by atoms with van der Waals surface area (Å²) in [5.41, 5.74) is 5.53. The van der Waals surface area contributed by atoms with E-state index in [1.54, 1.807) is 0 Å². The zero-order valence-electron chi connectivity index (χ0n) is 19.7. The molecule has 37 heavy (non-hydrogen) atoms. The number of aromatic nitrogens is 1. The Morgan fingerprint density at radius 3 is 2.24 bits per heavy atom. The van der Waals surface area contributed by atoms with Gasteiger partial charge in [0.15, 0.2) is 0 Å². The zero-order chi connectivity index (χ0) is 24.1. The molecule has 0 aliphatic rings. The highest BCUT2D eigenvalue weighted by Gasteiger charge is 2.18. The molecule has 0 fully saturated rings. The predicted octanol–water partition coefficient (Wildman–Crippen LogP) is 10.2. The molecular formula is C34H19NOS. The van der Waals surface area contributed by atoms with Crippen molar-refractivity contribution >= 4 is 86.0 Å². The average molecular weight is 490 g/mol. The van der Waals surface area contributed by atoms with E-state index in [9.17, 15) is 0 Å². The molecule has 0 spiro atoms. The lowest BCUT2D eigenvalue weighted by atomic mass is 10.0. The van der Waals surface area contributed by atoms with Gasteiger partial charge < -0.3 is 8.98 Å². The van der Waals surface area contributed by atoms with Gasteiger partial charge in [-0.2, -0.15) is 0 Å². The van der Waals surface area contributed by atoms with Crippen LogP contribution >= 0.6 is 11.3 Å². The molecule has 0 unspecified atom stereocenters. The molecule has 6 aromatic carbocycles. The maximum absolute atomic E-state index is 6.44. The molecule has 0 atom stereocenters. The van der Waals surface area contributed by atoms with Gasteiger partial charge in [0.25, 0.3) is 0 Å². The van der Waals surface area contributed by atoms with Crippen molar-refractivity contribution in [3.05, 3.63) is 115 Å². The van der Waals surface area contributed by atoms with Gasteiger partial charge in [-0.1, -0.05) is 72.8 Å². The number of hydrogen-bond donors (Lipinski definition) is 0. The van der Waals surface area contributed by atoms with Crippen LogP contribution in [0.15, 0.2) is 120 Å². The number of furan rings is 1. The SMILES string of the molecule is c1ccc2c(c1)oc1c3cc4c(cc3ccc21)c1ccccc1n4-c1cccc2c1sc1ccccc12. The maximum atomic E-state index is 6.44. The second-order valence-electron chi connectivity index (χ2n) is 9.74. The van der Waals surface area contributed by atoms with E-state index in [2.05, 4.69) is 114 Å². The summed E-state index contributed by atoms with van der Waals surface area (Å²) in [5.74, 6) is 0. The van der Waals surface area contributed by atoms with E-state index < -0.39 is 0 Å². The number of thiophene rings is 1. The Kier molecular flexibility index (Phi) is 3.70. The predicted molar refractivity (Wildman–Crippen MR) is 158 cm³/mol. The minimum atomic E-state index is 0.931. The highest BCUT2D eigenvalue weighted by Crippen LogP contribution is 2.42. The summed E-state index contributed by atoms with van der Waals surface area (Å²) in [5, 5.41) is 9.82. The fourth-order valence-corrected chi connectivity index (χ4v) is 7.34. The molecule has 0 radical (unpaired) electrons. The van der Waals surface area contributed by atoms with E-state index >= 15 is 0 Å². The molecule has 3 heteroatoms. The summed E-state index contributed by atoms with van der Waals surface area (Å²) < 4.78 is 11.5. The summed E-state index contributed by atoms with van der Waals surface area (Å²) in [7, 11) is 0. The van der Waals surface area contributed by atoms with E-state index in [-0.39, 0.29) is 0 Å². The average Bonchev–Trinajstić information content (AvgIpc) is 3.61. The van der Waals surface area contributed by atoms with Crippen LogP contribution in [0.1, 0.15) is 0 Å². The molecular weight excluding hydrogens is 470 g/mol. The fourth-order valence-electron chi connectivity index (χ4n) is 6.14. The molecule has 0 saturated carbocycles. The lowest BCUT2D eigenvalue weighted by Crippen LogP contribution is -1.94. The number of benzene rings is 6. The minimum Gasteiger partial charge on any atom is -0.455 e.